The fourth-order valence-corrected chi connectivity index (χ4v) is 2.44. The smallest absolute Gasteiger partial charge is 0.341 e. The highest BCUT2D eigenvalue weighted by Gasteiger charge is 2.18. The molecule has 1 heterocycles. The molecule has 5 heteroatoms. The van der Waals surface area contributed by atoms with Gasteiger partial charge >= 0.3 is 5.97 Å². The summed E-state index contributed by atoms with van der Waals surface area (Å²) >= 11 is 0. The third-order valence-corrected chi connectivity index (χ3v) is 3.36. The summed E-state index contributed by atoms with van der Waals surface area (Å²) < 4.78 is 10.7. The SMILES string of the molecule is CN(Cc1ccccc1OCC(=O)O)CC1CCOC1. The van der Waals surface area contributed by atoms with E-state index in [1.807, 2.05) is 24.3 Å². The molecule has 0 spiro atoms. The number of rotatable bonds is 7. The van der Waals surface area contributed by atoms with Gasteiger partial charge in [0.25, 0.3) is 0 Å². The van der Waals surface area contributed by atoms with E-state index in [2.05, 4.69) is 11.9 Å². The number of nitrogens with zero attached hydrogens (tertiary/aromatic N) is 1. The molecule has 1 aromatic rings. The van der Waals surface area contributed by atoms with Crippen LogP contribution in [0.4, 0.5) is 0 Å². The molecule has 0 saturated carbocycles. The topological polar surface area (TPSA) is 59.0 Å². The summed E-state index contributed by atoms with van der Waals surface area (Å²) in [6.07, 6.45) is 1.11. The Morgan fingerprint density at radius 2 is 2.30 bits per heavy atom. The Balaban J connectivity index is 1.91. The first-order valence-electron chi connectivity index (χ1n) is 6.84. The summed E-state index contributed by atoms with van der Waals surface area (Å²) in [5.74, 6) is 0.271. The Morgan fingerprint density at radius 3 is 3.00 bits per heavy atom. The number of carboxylic acid groups (broad SMARTS) is 1. The van der Waals surface area contributed by atoms with E-state index in [1.54, 1.807) is 0 Å². The van der Waals surface area contributed by atoms with Crippen LogP contribution in [0.3, 0.4) is 0 Å². The van der Waals surface area contributed by atoms with Crippen molar-refractivity contribution in [3.05, 3.63) is 29.8 Å². The third-order valence-electron chi connectivity index (χ3n) is 3.36. The van der Waals surface area contributed by atoms with Crippen molar-refractivity contribution in [3.8, 4) is 5.75 Å². The van der Waals surface area contributed by atoms with E-state index in [1.165, 1.54) is 0 Å². The van der Waals surface area contributed by atoms with Gasteiger partial charge in [-0.2, -0.15) is 0 Å². The lowest BCUT2D eigenvalue weighted by atomic mass is 10.1. The van der Waals surface area contributed by atoms with Gasteiger partial charge in [0.05, 0.1) is 6.61 Å². The van der Waals surface area contributed by atoms with Crippen molar-refractivity contribution in [3.63, 3.8) is 0 Å². The molecular weight excluding hydrogens is 258 g/mol. The molecule has 1 aliphatic heterocycles. The number of carbonyl (C=O) groups is 1. The Kier molecular flexibility index (Phi) is 5.38. The molecule has 1 atom stereocenters. The maximum atomic E-state index is 10.6. The van der Waals surface area contributed by atoms with Gasteiger partial charge in [0.2, 0.25) is 0 Å². The zero-order valence-electron chi connectivity index (χ0n) is 11.7. The summed E-state index contributed by atoms with van der Waals surface area (Å²) in [6, 6.07) is 7.57. The van der Waals surface area contributed by atoms with Crippen molar-refractivity contribution in [1.82, 2.24) is 4.90 Å². The van der Waals surface area contributed by atoms with E-state index in [-0.39, 0.29) is 6.61 Å². The van der Waals surface area contributed by atoms with Crippen molar-refractivity contribution in [1.29, 1.82) is 0 Å². The molecule has 1 saturated heterocycles. The van der Waals surface area contributed by atoms with Gasteiger partial charge in [0.1, 0.15) is 5.75 Å². The van der Waals surface area contributed by atoms with Crippen LogP contribution in [-0.4, -0.2) is 49.4 Å². The van der Waals surface area contributed by atoms with Crippen molar-refractivity contribution in [2.75, 3.05) is 33.4 Å². The summed E-state index contributed by atoms with van der Waals surface area (Å²) in [4.78, 5) is 12.8. The van der Waals surface area contributed by atoms with Crippen LogP contribution >= 0.6 is 0 Å². The molecule has 20 heavy (non-hydrogen) atoms. The molecule has 2 rings (SSSR count). The zero-order valence-corrected chi connectivity index (χ0v) is 11.7. The summed E-state index contributed by atoms with van der Waals surface area (Å²) in [5.41, 5.74) is 1.01. The Hall–Kier alpha value is -1.59. The van der Waals surface area contributed by atoms with Crippen LogP contribution in [0, 0.1) is 5.92 Å². The largest absolute Gasteiger partial charge is 0.482 e. The van der Waals surface area contributed by atoms with Gasteiger partial charge < -0.3 is 19.5 Å². The van der Waals surface area contributed by atoms with Gasteiger partial charge in [-0.25, -0.2) is 4.79 Å². The third kappa shape index (κ3) is 4.51. The first-order chi connectivity index (χ1) is 9.65. The summed E-state index contributed by atoms with van der Waals surface area (Å²) in [7, 11) is 2.06. The molecule has 1 N–H and O–H groups in total. The minimum absolute atomic E-state index is 0.308. The molecule has 0 bridgehead atoms. The van der Waals surface area contributed by atoms with Crippen LogP contribution in [-0.2, 0) is 16.1 Å². The number of carboxylic acids is 1. The monoisotopic (exact) mass is 279 g/mol. The minimum atomic E-state index is -0.962. The minimum Gasteiger partial charge on any atom is -0.482 e. The van der Waals surface area contributed by atoms with Crippen LogP contribution in [0.15, 0.2) is 24.3 Å². The van der Waals surface area contributed by atoms with E-state index in [0.29, 0.717) is 11.7 Å². The maximum Gasteiger partial charge on any atom is 0.341 e. The Labute approximate surface area is 119 Å². The van der Waals surface area contributed by atoms with Gasteiger partial charge in [-0.1, -0.05) is 18.2 Å². The van der Waals surface area contributed by atoms with Gasteiger partial charge in [-0.3, -0.25) is 0 Å². The molecule has 0 radical (unpaired) electrons. The molecular formula is C15H21NO4. The second-order valence-corrected chi connectivity index (χ2v) is 5.22. The van der Waals surface area contributed by atoms with Crippen LogP contribution in [0.5, 0.6) is 5.75 Å². The lowest BCUT2D eigenvalue weighted by molar-refractivity contribution is -0.139. The standard InChI is InChI=1S/C15H21NO4/c1-16(8-12-6-7-19-10-12)9-13-4-2-3-5-14(13)20-11-15(17)18/h2-5,12H,6-11H2,1H3,(H,17,18). The average Bonchev–Trinajstić information content (AvgIpc) is 2.90. The number of ether oxygens (including phenoxy) is 2. The fourth-order valence-electron chi connectivity index (χ4n) is 2.44. The quantitative estimate of drug-likeness (QED) is 0.822. The average molecular weight is 279 g/mol. The van der Waals surface area contributed by atoms with E-state index in [9.17, 15) is 4.79 Å². The van der Waals surface area contributed by atoms with E-state index in [4.69, 9.17) is 14.6 Å². The molecule has 1 fully saturated rings. The maximum absolute atomic E-state index is 10.6. The van der Waals surface area contributed by atoms with E-state index in [0.717, 1.165) is 38.3 Å². The normalized spacial score (nSPS) is 18.4. The Bertz CT molecular complexity index is 443. The lowest BCUT2D eigenvalue weighted by Crippen LogP contribution is -2.26. The molecule has 0 aromatic heterocycles. The molecule has 1 aromatic carbocycles. The molecule has 0 aliphatic carbocycles. The van der Waals surface area contributed by atoms with Crippen molar-refractivity contribution in [2.24, 2.45) is 5.92 Å². The van der Waals surface area contributed by atoms with Crippen molar-refractivity contribution >= 4 is 5.97 Å². The van der Waals surface area contributed by atoms with Crippen LogP contribution < -0.4 is 4.74 Å². The van der Waals surface area contributed by atoms with Gasteiger partial charge in [-0.05, 0) is 25.5 Å². The highest BCUT2D eigenvalue weighted by Crippen LogP contribution is 2.21. The fraction of sp³-hybridized carbons (Fsp3) is 0.533. The predicted molar refractivity (Wildman–Crippen MR) is 74.8 cm³/mol. The number of hydrogen-bond donors (Lipinski definition) is 1. The second kappa shape index (κ2) is 7.26. The van der Waals surface area contributed by atoms with Crippen LogP contribution in [0.25, 0.3) is 0 Å². The molecule has 0 amide bonds. The summed E-state index contributed by atoms with van der Waals surface area (Å²) in [5, 5.41) is 8.69. The van der Waals surface area contributed by atoms with Crippen molar-refractivity contribution < 1.29 is 19.4 Å². The van der Waals surface area contributed by atoms with Crippen molar-refractivity contribution in [2.45, 2.75) is 13.0 Å². The highest BCUT2D eigenvalue weighted by atomic mass is 16.5. The molecule has 110 valence electrons. The zero-order chi connectivity index (χ0) is 14.4. The van der Waals surface area contributed by atoms with Gasteiger partial charge in [0, 0.05) is 25.3 Å². The van der Waals surface area contributed by atoms with Crippen LogP contribution in [0.1, 0.15) is 12.0 Å². The van der Waals surface area contributed by atoms with E-state index >= 15 is 0 Å². The second-order valence-electron chi connectivity index (χ2n) is 5.22. The van der Waals surface area contributed by atoms with Crippen LogP contribution in [0.2, 0.25) is 0 Å². The first kappa shape index (κ1) is 14.8. The Morgan fingerprint density at radius 1 is 1.50 bits per heavy atom. The highest BCUT2D eigenvalue weighted by molar-refractivity contribution is 5.68. The molecule has 1 unspecified atom stereocenters. The number of benzene rings is 1. The van der Waals surface area contributed by atoms with Gasteiger partial charge in [0.15, 0.2) is 6.61 Å². The molecule has 1 aliphatic rings. The number of hydrogen-bond acceptors (Lipinski definition) is 4. The van der Waals surface area contributed by atoms with Gasteiger partial charge in [-0.15, -0.1) is 0 Å². The lowest BCUT2D eigenvalue weighted by Gasteiger charge is -2.21. The van der Waals surface area contributed by atoms with E-state index < -0.39 is 5.97 Å². The summed E-state index contributed by atoms with van der Waals surface area (Å²) in [6.45, 7) is 3.11. The molecule has 5 nitrogen and oxygen atoms in total. The number of aliphatic carboxylic acids is 1. The number of para-hydroxylation sites is 1. The first-order valence-corrected chi connectivity index (χ1v) is 6.84. The predicted octanol–water partition coefficient (Wildman–Crippen LogP) is 1.62.